The highest BCUT2D eigenvalue weighted by Crippen LogP contribution is 2.12. The Balaban J connectivity index is 2.73. The van der Waals surface area contributed by atoms with Crippen LogP contribution in [0, 0.1) is 17.6 Å². The first kappa shape index (κ1) is 23.8. The van der Waals surface area contributed by atoms with E-state index in [9.17, 15) is 23.5 Å². The number of amides is 2. The van der Waals surface area contributed by atoms with E-state index in [1.54, 1.807) is 0 Å². The number of halogens is 2. The number of rotatable bonds is 11. The van der Waals surface area contributed by atoms with Crippen molar-refractivity contribution in [2.24, 2.45) is 5.92 Å². The van der Waals surface area contributed by atoms with Crippen LogP contribution in [0.5, 0.6) is 0 Å². The van der Waals surface area contributed by atoms with Gasteiger partial charge in [0.1, 0.15) is 11.6 Å². The summed E-state index contributed by atoms with van der Waals surface area (Å²) < 4.78 is 26.7. The Hall–Kier alpha value is -2.26. The minimum atomic E-state index is -1.37. The van der Waals surface area contributed by atoms with Gasteiger partial charge in [0.15, 0.2) is 0 Å². The Morgan fingerprint density at radius 2 is 1.71 bits per heavy atom. The van der Waals surface area contributed by atoms with Crippen LogP contribution in [0.25, 0.3) is 0 Å². The van der Waals surface area contributed by atoms with Crippen molar-refractivity contribution >= 4 is 12.0 Å². The van der Waals surface area contributed by atoms with E-state index in [1.165, 1.54) is 0 Å². The molecule has 3 atom stereocenters. The number of benzene rings is 1. The van der Waals surface area contributed by atoms with E-state index in [2.05, 4.69) is 16.0 Å². The third kappa shape index (κ3) is 8.62. The van der Waals surface area contributed by atoms with Crippen LogP contribution in [-0.4, -0.2) is 53.5 Å². The molecule has 9 heteroatoms. The van der Waals surface area contributed by atoms with Crippen molar-refractivity contribution in [1.29, 1.82) is 0 Å². The first-order chi connectivity index (χ1) is 13.1. The summed E-state index contributed by atoms with van der Waals surface area (Å²) in [5.41, 5.74) is 0.206. The molecule has 0 unspecified atom stereocenters. The molecule has 7 nitrogen and oxygen atoms in total. The van der Waals surface area contributed by atoms with E-state index in [4.69, 9.17) is 5.11 Å². The molecule has 0 fully saturated rings. The molecule has 0 bridgehead atoms. The summed E-state index contributed by atoms with van der Waals surface area (Å²) in [7, 11) is 0. The lowest BCUT2D eigenvalue weighted by atomic mass is 10.0. The normalized spacial score (nSPS) is 14.4. The number of carbonyl (C=O) groups is 2. The molecule has 158 valence electrons. The number of aliphatic hydroxyl groups is 1. The number of hydrogen-bond acceptors (Lipinski definition) is 4. The monoisotopic (exact) mass is 401 g/mol. The molecule has 0 heterocycles. The lowest BCUT2D eigenvalue weighted by Gasteiger charge is -2.25. The van der Waals surface area contributed by atoms with Gasteiger partial charge in [0.2, 0.25) is 5.91 Å². The molecule has 0 spiro atoms. The van der Waals surface area contributed by atoms with Crippen LogP contribution in [0.1, 0.15) is 32.8 Å². The molecule has 0 aliphatic rings. The van der Waals surface area contributed by atoms with Crippen LogP contribution in [-0.2, 0) is 11.2 Å². The molecular weight excluding hydrogens is 372 g/mol. The number of carbonyl (C=O) groups excluding carboxylic acids is 1. The molecule has 0 radical (unpaired) electrons. The Morgan fingerprint density at radius 1 is 1.11 bits per heavy atom. The lowest BCUT2D eigenvalue weighted by Crippen LogP contribution is -2.52. The van der Waals surface area contributed by atoms with Crippen LogP contribution < -0.4 is 16.0 Å². The van der Waals surface area contributed by atoms with Gasteiger partial charge in [-0.05, 0) is 36.5 Å². The first-order valence-electron chi connectivity index (χ1n) is 9.25. The topological polar surface area (TPSA) is 111 Å². The number of nitrogens with one attached hydrogen (secondary N) is 3. The zero-order valence-corrected chi connectivity index (χ0v) is 16.3. The third-order valence-corrected chi connectivity index (χ3v) is 4.13. The molecule has 0 aromatic heterocycles. The number of carboxylic acid groups (broad SMARTS) is 1. The van der Waals surface area contributed by atoms with Crippen LogP contribution in [0.2, 0.25) is 0 Å². The van der Waals surface area contributed by atoms with Crippen LogP contribution in [0.15, 0.2) is 18.2 Å². The van der Waals surface area contributed by atoms with E-state index >= 15 is 0 Å². The molecule has 1 rings (SSSR count). The molecule has 0 saturated heterocycles. The van der Waals surface area contributed by atoms with E-state index in [0.29, 0.717) is 24.9 Å². The SMILES string of the molecule is CC[C@H](NC[C@@H](O)[C@H](Cc1cc(F)cc(F)c1)NC(=O)O)C(=O)NCC(C)C. The van der Waals surface area contributed by atoms with E-state index in [0.717, 1.165) is 12.1 Å². The third-order valence-electron chi connectivity index (χ3n) is 4.13. The maximum Gasteiger partial charge on any atom is 0.404 e. The quantitative estimate of drug-likeness (QED) is 0.387. The Kier molecular flexibility index (Phi) is 9.81. The molecule has 0 aliphatic carbocycles. The van der Waals surface area contributed by atoms with Gasteiger partial charge >= 0.3 is 6.09 Å². The second kappa shape index (κ2) is 11.6. The van der Waals surface area contributed by atoms with Gasteiger partial charge in [0, 0.05) is 19.2 Å². The second-order valence-corrected chi connectivity index (χ2v) is 7.11. The predicted octanol–water partition coefficient (Wildman–Crippen LogP) is 1.64. The van der Waals surface area contributed by atoms with Gasteiger partial charge in [0.05, 0.1) is 18.2 Å². The Morgan fingerprint density at radius 3 is 2.21 bits per heavy atom. The predicted molar refractivity (Wildman–Crippen MR) is 101 cm³/mol. The van der Waals surface area contributed by atoms with Crippen LogP contribution in [0.4, 0.5) is 13.6 Å². The van der Waals surface area contributed by atoms with Crippen molar-refractivity contribution in [3.05, 3.63) is 35.4 Å². The van der Waals surface area contributed by atoms with Crippen molar-refractivity contribution in [3.8, 4) is 0 Å². The number of aliphatic hydroxyl groups excluding tert-OH is 1. The zero-order chi connectivity index (χ0) is 21.3. The molecule has 5 N–H and O–H groups in total. The van der Waals surface area contributed by atoms with E-state index in [-0.39, 0.29) is 24.4 Å². The first-order valence-corrected chi connectivity index (χ1v) is 9.25. The lowest BCUT2D eigenvalue weighted by molar-refractivity contribution is -0.123. The maximum atomic E-state index is 13.4. The molecular formula is C19H29F2N3O4. The second-order valence-electron chi connectivity index (χ2n) is 7.11. The molecule has 1 aromatic carbocycles. The van der Waals surface area contributed by atoms with Gasteiger partial charge in [-0.3, -0.25) is 4.79 Å². The van der Waals surface area contributed by atoms with Crippen LogP contribution in [0.3, 0.4) is 0 Å². The van der Waals surface area contributed by atoms with Crippen molar-refractivity contribution in [3.63, 3.8) is 0 Å². The summed E-state index contributed by atoms with van der Waals surface area (Å²) in [4.78, 5) is 23.2. The van der Waals surface area contributed by atoms with Gasteiger partial charge < -0.3 is 26.2 Å². The van der Waals surface area contributed by atoms with Crippen molar-refractivity contribution in [1.82, 2.24) is 16.0 Å². The molecule has 28 heavy (non-hydrogen) atoms. The Bertz CT molecular complexity index is 638. The highest BCUT2D eigenvalue weighted by atomic mass is 19.1. The fraction of sp³-hybridized carbons (Fsp3) is 0.579. The summed E-state index contributed by atoms with van der Waals surface area (Å²) in [6.45, 7) is 6.19. The molecule has 1 aromatic rings. The molecule has 0 aliphatic heterocycles. The van der Waals surface area contributed by atoms with Gasteiger partial charge in [0.25, 0.3) is 0 Å². The summed E-state index contributed by atoms with van der Waals surface area (Å²) in [6.07, 6.45) is -2.22. The average Bonchev–Trinajstić information content (AvgIpc) is 2.58. The maximum absolute atomic E-state index is 13.4. The largest absolute Gasteiger partial charge is 0.465 e. The minimum absolute atomic E-state index is 0.0731. The van der Waals surface area contributed by atoms with Crippen molar-refractivity contribution in [2.45, 2.75) is 51.8 Å². The van der Waals surface area contributed by atoms with Crippen molar-refractivity contribution < 1.29 is 28.6 Å². The standard InChI is InChI=1S/C19H29F2N3O4/c1-4-15(18(26)23-9-11(2)3)22-10-17(25)16(24-19(27)28)7-12-5-13(20)8-14(21)6-12/h5-6,8,11,15-17,22,24-25H,4,7,9-10H2,1-3H3,(H,23,26)(H,27,28)/t15-,16-,17+/m0/s1. The van der Waals surface area contributed by atoms with E-state index in [1.807, 2.05) is 20.8 Å². The van der Waals surface area contributed by atoms with E-state index < -0.39 is 35.9 Å². The number of hydrogen-bond donors (Lipinski definition) is 5. The summed E-state index contributed by atoms with van der Waals surface area (Å²) in [5.74, 6) is -1.49. The minimum Gasteiger partial charge on any atom is -0.465 e. The summed E-state index contributed by atoms with van der Waals surface area (Å²) >= 11 is 0. The highest BCUT2D eigenvalue weighted by molar-refractivity contribution is 5.81. The zero-order valence-electron chi connectivity index (χ0n) is 16.3. The summed E-state index contributed by atoms with van der Waals surface area (Å²) in [5, 5.41) is 27.3. The van der Waals surface area contributed by atoms with Crippen molar-refractivity contribution in [2.75, 3.05) is 13.1 Å². The Labute approximate surface area is 163 Å². The molecule has 0 saturated carbocycles. The molecule has 2 amide bonds. The fourth-order valence-corrected chi connectivity index (χ4v) is 2.68. The van der Waals surface area contributed by atoms with Gasteiger partial charge in [-0.15, -0.1) is 0 Å². The average molecular weight is 401 g/mol. The van der Waals surface area contributed by atoms with Gasteiger partial charge in [-0.2, -0.15) is 0 Å². The smallest absolute Gasteiger partial charge is 0.404 e. The fourth-order valence-electron chi connectivity index (χ4n) is 2.68. The van der Waals surface area contributed by atoms with Gasteiger partial charge in [-0.1, -0.05) is 20.8 Å². The summed E-state index contributed by atoms with van der Waals surface area (Å²) in [6, 6.07) is 1.30. The van der Waals surface area contributed by atoms with Gasteiger partial charge in [-0.25, -0.2) is 13.6 Å². The van der Waals surface area contributed by atoms with Crippen LogP contribution >= 0.6 is 0 Å². The highest BCUT2D eigenvalue weighted by Gasteiger charge is 2.24.